The molecule has 2 aliphatic rings. The highest BCUT2D eigenvalue weighted by Gasteiger charge is 2.28. The highest BCUT2D eigenvalue weighted by molar-refractivity contribution is 7.75. The van der Waals surface area contributed by atoms with Crippen LogP contribution in [0.1, 0.15) is 44.7 Å². The Hall–Kier alpha value is -2.07. The molecule has 1 aromatic carbocycles. The molecule has 2 aliphatic heterocycles. The van der Waals surface area contributed by atoms with Crippen molar-refractivity contribution in [1.82, 2.24) is 14.9 Å². The highest BCUT2D eigenvalue weighted by Crippen LogP contribution is 2.30. The normalized spacial score (nSPS) is 22.8. The zero-order valence-corrected chi connectivity index (χ0v) is 20.6. The maximum atomic E-state index is 11.1. The quantitative estimate of drug-likeness (QED) is 0.620. The molecule has 2 aromatic rings. The van der Waals surface area contributed by atoms with E-state index >= 15 is 0 Å². The van der Waals surface area contributed by atoms with Crippen molar-refractivity contribution in [2.45, 2.75) is 58.6 Å². The molecule has 0 aliphatic carbocycles. The van der Waals surface area contributed by atoms with E-state index in [-0.39, 0.29) is 17.6 Å². The Morgan fingerprint density at radius 1 is 1.06 bits per heavy atom. The summed E-state index contributed by atoms with van der Waals surface area (Å²) in [5.41, 5.74) is 2.12. The van der Waals surface area contributed by atoms with Gasteiger partial charge in [-0.25, -0.2) is 9.97 Å². The third-order valence-electron chi connectivity index (χ3n) is 6.12. The van der Waals surface area contributed by atoms with E-state index in [1.165, 1.54) is 6.33 Å². The fraction of sp³-hybridized carbons (Fsp3) is 0.583. The van der Waals surface area contributed by atoms with E-state index in [1.54, 1.807) is 0 Å². The van der Waals surface area contributed by atoms with Crippen LogP contribution in [0.2, 0.25) is 0 Å². The molecule has 1 aromatic heterocycles. The van der Waals surface area contributed by atoms with Crippen molar-refractivity contribution in [2.75, 3.05) is 26.3 Å². The first-order valence-electron chi connectivity index (χ1n) is 11.5. The summed E-state index contributed by atoms with van der Waals surface area (Å²) in [6.07, 6.45) is 4.38. The predicted molar refractivity (Wildman–Crippen MR) is 126 cm³/mol. The van der Waals surface area contributed by atoms with Crippen LogP contribution in [0.3, 0.4) is 0 Å². The summed E-state index contributed by atoms with van der Waals surface area (Å²) in [6, 6.07) is 7.86. The maximum absolute atomic E-state index is 11.1. The summed E-state index contributed by atoms with van der Waals surface area (Å²) in [6.45, 7) is 11.6. The summed E-state index contributed by atoms with van der Waals surface area (Å²) in [4.78, 5) is 11.2. The minimum atomic E-state index is -1.60. The van der Waals surface area contributed by atoms with E-state index < -0.39 is 11.4 Å². The van der Waals surface area contributed by atoms with Gasteiger partial charge in [-0.1, -0.05) is 12.1 Å². The molecule has 0 radical (unpaired) electrons. The number of hydrogen-bond donors (Lipinski definition) is 0. The predicted octanol–water partition coefficient (Wildman–Crippen LogP) is 4.00. The lowest BCUT2D eigenvalue weighted by atomic mass is 9.99. The molecule has 180 valence electrons. The molecule has 2 saturated heterocycles. The number of rotatable bonds is 6. The molecule has 0 N–H and O–H groups in total. The SMILES string of the molecule is Cc1c(Oc2ccc(C[C@H]3CO[S@](=O)OC3)cc2)ncnc1OC1CCN(C(C)(C)C)CC1. The highest BCUT2D eigenvalue weighted by atomic mass is 32.2. The van der Waals surface area contributed by atoms with Gasteiger partial charge < -0.3 is 9.47 Å². The van der Waals surface area contributed by atoms with E-state index in [4.69, 9.17) is 17.8 Å². The number of hydrogen-bond acceptors (Lipinski definition) is 8. The van der Waals surface area contributed by atoms with Crippen molar-refractivity contribution in [2.24, 2.45) is 5.92 Å². The van der Waals surface area contributed by atoms with Gasteiger partial charge in [-0.05, 0) is 64.7 Å². The summed E-state index contributed by atoms with van der Waals surface area (Å²) in [5.74, 6) is 1.97. The fourth-order valence-electron chi connectivity index (χ4n) is 4.09. The largest absolute Gasteiger partial charge is 0.474 e. The molecular weight excluding hydrogens is 442 g/mol. The minimum absolute atomic E-state index is 0.148. The molecule has 33 heavy (non-hydrogen) atoms. The lowest BCUT2D eigenvalue weighted by Crippen LogP contribution is -2.48. The third-order valence-corrected chi connectivity index (χ3v) is 6.78. The molecule has 4 rings (SSSR count). The average molecular weight is 476 g/mol. The molecule has 0 bridgehead atoms. The van der Waals surface area contributed by atoms with Gasteiger partial charge in [0, 0.05) is 24.5 Å². The van der Waals surface area contributed by atoms with E-state index in [0.29, 0.717) is 30.7 Å². The standard InChI is InChI=1S/C24H33N3O5S/c1-17-22(25-16-26-23(17)32-21-9-11-27(12-10-21)24(2,3)4)31-20-7-5-18(6-8-20)13-19-14-29-33(28)30-15-19/h5-8,16,19,21H,9-15H2,1-4H3/t19-,33-. The molecule has 9 heteroatoms. The molecule has 0 saturated carbocycles. The van der Waals surface area contributed by atoms with Crippen LogP contribution < -0.4 is 9.47 Å². The van der Waals surface area contributed by atoms with Crippen LogP contribution in [0.4, 0.5) is 0 Å². The second-order valence-corrected chi connectivity index (χ2v) is 10.6. The van der Waals surface area contributed by atoms with Gasteiger partial charge in [0.25, 0.3) is 0 Å². The van der Waals surface area contributed by atoms with Gasteiger partial charge in [0.15, 0.2) is 0 Å². The van der Waals surface area contributed by atoms with Gasteiger partial charge >= 0.3 is 11.4 Å². The van der Waals surface area contributed by atoms with Crippen molar-refractivity contribution in [3.8, 4) is 17.5 Å². The number of aromatic nitrogens is 2. The first kappa shape index (κ1) is 24.1. The van der Waals surface area contributed by atoms with Crippen LogP contribution in [0.15, 0.2) is 30.6 Å². The zero-order chi connectivity index (χ0) is 23.4. The maximum Gasteiger partial charge on any atom is 0.304 e. The Morgan fingerprint density at radius 3 is 2.33 bits per heavy atom. The van der Waals surface area contributed by atoms with Gasteiger partial charge in [0.05, 0.1) is 18.8 Å². The lowest BCUT2D eigenvalue weighted by Gasteiger charge is -2.40. The second kappa shape index (κ2) is 10.5. The second-order valence-electron chi connectivity index (χ2n) is 9.67. The van der Waals surface area contributed by atoms with Crippen molar-refractivity contribution in [3.05, 3.63) is 41.7 Å². The van der Waals surface area contributed by atoms with E-state index in [1.807, 2.05) is 31.2 Å². The number of piperidine rings is 1. The van der Waals surface area contributed by atoms with Crippen molar-refractivity contribution >= 4 is 11.4 Å². The van der Waals surface area contributed by atoms with Crippen LogP contribution in [0, 0.1) is 12.8 Å². The zero-order valence-electron chi connectivity index (χ0n) is 19.8. The van der Waals surface area contributed by atoms with Crippen LogP contribution in [0.25, 0.3) is 0 Å². The van der Waals surface area contributed by atoms with Gasteiger partial charge in [0.2, 0.25) is 11.8 Å². The van der Waals surface area contributed by atoms with Gasteiger partial charge in [-0.3, -0.25) is 13.3 Å². The molecule has 3 heterocycles. The first-order valence-corrected chi connectivity index (χ1v) is 12.5. The summed E-state index contributed by atoms with van der Waals surface area (Å²) in [7, 11) is 0. The topological polar surface area (TPSA) is 83.0 Å². The Bertz CT molecular complexity index is 946. The Labute approximate surface area is 198 Å². The number of likely N-dealkylation sites (tertiary alicyclic amines) is 1. The Kier molecular flexibility index (Phi) is 7.63. The molecule has 2 fully saturated rings. The van der Waals surface area contributed by atoms with Crippen LogP contribution in [-0.4, -0.2) is 57.0 Å². The molecule has 0 atom stereocenters. The monoisotopic (exact) mass is 475 g/mol. The summed E-state index contributed by atoms with van der Waals surface area (Å²) < 4.78 is 33.5. The van der Waals surface area contributed by atoms with Crippen molar-refractivity contribution in [3.63, 3.8) is 0 Å². The van der Waals surface area contributed by atoms with E-state index in [2.05, 4.69) is 35.6 Å². The van der Waals surface area contributed by atoms with Crippen LogP contribution in [0.5, 0.6) is 17.5 Å². The number of ether oxygens (including phenoxy) is 2. The smallest absolute Gasteiger partial charge is 0.304 e. The molecule has 0 amide bonds. The van der Waals surface area contributed by atoms with Crippen molar-refractivity contribution in [1.29, 1.82) is 0 Å². The molecule has 0 spiro atoms. The van der Waals surface area contributed by atoms with Crippen molar-refractivity contribution < 1.29 is 22.0 Å². The third kappa shape index (κ3) is 6.50. The van der Waals surface area contributed by atoms with Gasteiger partial charge in [-0.15, -0.1) is 0 Å². The van der Waals surface area contributed by atoms with Crippen LogP contribution >= 0.6 is 0 Å². The molecule has 8 nitrogen and oxygen atoms in total. The number of benzene rings is 1. The Morgan fingerprint density at radius 2 is 1.70 bits per heavy atom. The van der Waals surface area contributed by atoms with Gasteiger partial charge in [-0.2, -0.15) is 4.21 Å². The summed E-state index contributed by atoms with van der Waals surface area (Å²) >= 11 is -1.60. The van der Waals surface area contributed by atoms with Gasteiger partial charge in [0.1, 0.15) is 18.2 Å². The average Bonchev–Trinajstić information content (AvgIpc) is 2.79. The Balaban J connectivity index is 1.33. The van der Waals surface area contributed by atoms with Crippen LogP contribution in [-0.2, 0) is 26.1 Å². The summed E-state index contributed by atoms with van der Waals surface area (Å²) in [5, 5.41) is 0. The lowest BCUT2D eigenvalue weighted by molar-refractivity contribution is 0.0467. The number of nitrogens with zero attached hydrogens (tertiary/aromatic N) is 3. The first-order chi connectivity index (χ1) is 15.8. The van der Waals surface area contributed by atoms with E-state index in [0.717, 1.165) is 43.5 Å². The fourth-order valence-corrected chi connectivity index (χ4v) is 4.76. The molecule has 0 unspecified atom stereocenters. The van der Waals surface area contributed by atoms with E-state index in [9.17, 15) is 4.21 Å². The minimum Gasteiger partial charge on any atom is -0.474 e. The molecular formula is C24H33N3O5S.